The number of benzene rings is 1. The Hall–Kier alpha value is -2.24. The topological polar surface area (TPSA) is 95.7 Å². The molecule has 0 radical (unpaired) electrons. The van der Waals surface area contributed by atoms with Crippen LogP contribution in [0.25, 0.3) is 0 Å². The van der Waals surface area contributed by atoms with Crippen molar-refractivity contribution in [1.29, 1.82) is 5.26 Å². The van der Waals surface area contributed by atoms with Crippen LogP contribution in [0, 0.1) is 11.3 Å². The molecule has 2 aromatic rings. The highest BCUT2D eigenvalue weighted by Gasteiger charge is 2.12. The third kappa shape index (κ3) is 6.29. The molecule has 6 nitrogen and oxygen atoms in total. The van der Waals surface area contributed by atoms with Crippen molar-refractivity contribution in [2.24, 2.45) is 0 Å². The van der Waals surface area contributed by atoms with Gasteiger partial charge in [0.1, 0.15) is 0 Å². The monoisotopic (exact) mass is 374 g/mol. The molecular weight excluding hydrogens is 356 g/mol. The van der Waals surface area contributed by atoms with E-state index in [-0.39, 0.29) is 17.4 Å². The van der Waals surface area contributed by atoms with Gasteiger partial charge in [0.2, 0.25) is 11.0 Å². The average Bonchev–Trinajstić information content (AvgIpc) is 3.07. The Morgan fingerprint density at radius 1 is 1.32 bits per heavy atom. The minimum Gasteiger partial charge on any atom is -0.301 e. The lowest BCUT2D eigenvalue weighted by molar-refractivity contribution is -0.116. The zero-order chi connectivity index (χ0) is 18.1. The summed E-state index contributed by atoms with van der Waals surface area (Å²) >= 11 is 2.52. The van der Waals surface area contributed by atoms with Crippen molar-refractivity contribution in [3.63, 3.8) is 0 Å². The maximum atomic E-state index is 12.2. The van der Waals surface area contributed by atoms with Gasteiger partial charge in [0.05, 0.1) is 17.4 Å². The second-order valence-corrected chi connectivity index (χ2v) is 7.48. The number of amides is 1. The van der Waals surface area contributed by atoms with E-state index in [1.54, 1.807) is 24.3 Å². The van der Waals surface area contributed by atoms with Crippen LogP contribution >= 0.6 is 23.1 Å². The molecule has 0 aliphatic rings. The van der Waals surface area contributed by atoms with Gasteiger partial charge in [0, 0.05) is 12.0 Å². The lowest BCUT2D eigenvalue weighted by Gasteiger charge is -2.00. The Morgan fingerprint density at radius 2 is 2.16 bits per heavy atom. The quantitative estimate of drug-likeness (QED) is 0.309. The van der Waals surface area contributed by atoms with Gasteiger partial charge in [-0.3, -0.25) is 9.59 Å². The van der Waals surface area contributed by atoms with E-state index < -0.39 is 0 Å². The molecule has 1 N–H and O–H groups in total. The van der Waals surface area contributed by atoms with Crippen LogP contribution in [0.4, 0.5) is 5.13 Å². The van der Waals surface area contributed by atoms with Crippen LogP contribution in [0.5, 0.6) is 0 Å². The highest BCUT2D eigenvalue weighted by molar-refractivity contribution is 8.01. The van der Waals surface area contributed by atoms with Crippen molar-refractivity contribution in [2.45, 2.75) is 36.9 Å². The fourth-order valence-electron chi connectivity index (χ4n) is 2.01. The number of thioether (sulfide) groups is 1. The highest BCUT2D eigenvalue weighted by Crippen LogP contribution is 2.26. The molecule has 1 aromatic heterocycles. The molecule has 0 fully saturated rings. The largest absolute Gasteiger partial charge is 0.301 e. The second-order valence-electron chi connectivity index (χ2n) is 5.28. The number of hydrogen-bond acceptors (Lipinski definition) is 7. The summed E-state index contributed by atoms with van der Waals surface area (Å²) in [6.07, 6.45) is 3.43. The molecule has 0 saturated carbocycles. The molecule has 0 unspecified atom stereocenters. The fraction of sp³-hybridized carbons (Fsp3) is 0.353. The number of unbranched alkanes of at least 4 members (excludes halogenated alkanes) is 2. The molecule has 0 spiro atoms. The van der Waals surface area contributed by atoms with Gasteiger partial charge in [-0.1, -0.05) is 55.0 Å². The summed E-state index contributed by atoms with van der Waals surface area (Å²) in [5.74, 6) is 0.0570. The van der Waals surface area contributed by atoms with Crippen LogP contribution < -0.4 is 5.32 Å². The Kier molecular flexibility index (Phi) is 7.57. The molecule has 130 valence electrons. The van der Waals surface area contributed by atoms with Gasteiger partial charge in [-0.2, -0.15) is 5.26 Å². The van der Waals surface area contributed by atoms with Crippen molar-refractivity contribution in [3.05, 3.63) is 35.4 Å². The number of aromatic nitrogens is 2. The zero-order valence-corrected chi connectivity index (χ0v) is 15.5. The molecule has 8 heteroatoms. The van der Waals surface area contributed by atoms with E-state index in [1.807, 2.05) is 6.07 Å². The number of nitrogens with one attached hydrogen (secondary N) is 1. The summed E-state index contributed by atoms with van der Waals surface area (Å²) in [6.45, 7) is 2.09. The molecule has 0 aliphatic carbocycles. The van der Waals surface area contributed by atoms with E-state index in [0.29, 0.717) is 27.0 Å². The van der Waals surface area contributed by atoms with Gasteiger partial charge < -0.3 is 5.32 Å². The van der Waals surface area contributed by atoms with E-state index in [0.717, 1.165) is 19.3 Å². The average molecular weight is 374 g/mol. The third-order valence-electron chi connectivity index (χ3n) is 3.30. The minimum absolute atomic E-state index is 0.0643. The number of anilines is 1. The number of carbonyl (C=O) groups is 2. The van der Waals surface area contributed by atoms with Crippen LogP contribution in [-0.2, 0) is 4.79 Å². The van der Waals surface area contributed by atoms with Crippen LogP contribution in [0.3, 0.4) is 0 Å². The lowest BCUT2D eigenvalue weighted by atomic mass is 10.1. The van der Waals surface area contributed by atoms with Gasteiger partial charge in [0.15, 0.2) is 10.1 Å². The maximum absolute atomic E-state index is 12.2. The smallest absolute Gasteiger partial charge is 0.226 e. The number of ketones is 1. The van der Waals surface area contributed by atoms with Crippen molar-refractivity contribution in [2.75, 3.05) is 11.1 Å². The molecule has 1 heterocycles. The molecule has 2 rings (SSSR count). The molecule has 1 aromatic carbocycles. The first-order valence-electron chi connectivity index (χ1n) is 7.92. The molecule has 1 amide bonds. The molecular formula is C17H18N4O2S2. The fourth-order valence-corrected chi connectivity index (χ4v) is 3.67. The predicted octanol–water partition coefficient (Wildman–Crippen LogP) is 3.90. The first kappa shape index (κ1) is 19.1. The molecule has 25 heavy (non-hydrogen) atoms. The third-order valence-corrected chi connectivity index (χ3v) is 5.27. The number of Topliss-reactive ketones (excluding diaryl/α,β-unsaturated/α-hetero) is 1. The highest BCUT2D eigenvalue weighted by atomic mass is 32.2. The zero-order valence-electron chi connectivity index (χ0n) is 13.8. The summed E-state index contributed by atoms with van der Waals surface area (Å²) in [5.41, 5.74) is 0.959. The van der Waals surface area contributed by atoms with E-state index in [4.69, 9.17) is 5.26 Å². The van der Waals surface area contributed by atoms with Crippen LogP contribution in [0.15, 0.2) is 28.6 Å². The normalized spacial score (nSPS) is 10.2. The van der Waals surface area contributed by atoms with Crippen molar-refractivity contribution in [3.8, 4) is 6.07 Å². The summed E-state index contributed by atoms with van der Waals surface area (Å²) in [6, 6.07) is 8.62. The molecule has 0 atom stereocenters. The summed E-state index contributed by atoms with van der Waals surface area (Å²) in [5, 5.41) is 20.0. The van der Waals surface area contributed by atoms with Gasteiger partial charge in [-0.25, -0.2) is 0 Å². The standard InChI is InChI=1S/C17H18N4O2S2/c1-2-3-4-8-15(23)19-16-20-21-17(25-16)24-11-14(22)13-7-5-6-12(9-13)10-18/h5-7,9H,2-4,8,11H2,1H3,(H,19,20,23). The summed E-state index contributed by atoms with van der Waals surface area (Å²) < 4.78 is 0.619. The number of rotatable bonds is 9. The van der Waals surface area contributed by atoms with Crippen molar-refractivity contribution < 1.29 is 9.59 Å². The SMILES string of the molecule is CCCCCC(=O)Nc1nnc(SCC(=O)c2cccc(C#N)c2)s1. The molecule has 0 saturated heterocycles. The summed E-state index contributed by atoms with van der Waals surface area (Å²) in [4.78, 5) is 23.9. The van der Waals surface area contributed by atoms with Crippen LogP contribution in [0.1, 0.15) is 48.5 Å². The number of nitriles is 1. The Balaban J connectivity index is 1.83. The van der Waals surface area contributed by atoms with E-state index in [9.17, 15) is 9.59 Å². The maximum Gasteiger partial charge on any atom is 0.226 e. The second kappa shape index (κ2) is 9.91. The number of hydrogen-bond donors (Lipinski definition) is 1. The predicted molar refractivity (Wildman–Crippen MR) is 98.9 cm³/mol. The van der Waals surface area contributed by atoms with Crippen LogP contribution in [-0.4, -0.2) is 27.6 Å². The van der Waals surface area contributed by atoms with Gasteiger partial charge in [0.25, 0.3) is 0 Å². The Bertz CT molecular complexity index is 783. The number of carbonyl (C=O) groups excluding carboxylic acids is 2. The molecule has 0 bridgehead atoms. The first-order valence-corrected chi connectivity index (χ1v) is 9.72. The van der Waals surface area contributed by atoms with E-state index in [2.05, 4.69) is 22.4 Å². The van der Waals surface area contributed by atoms with Gasteiger partial charge in [-0.05, 0) is 18.6 Å². The van der Waals surface area contributed by atoms with Gasteiger partial charge in [-0.15, -0.1) is 10.2 Å². The lowest BCUT2D eigenvalue weighted by Crippen LogP contribution is -2.10. The summed E-state index contributed by atoms with van der Waals surface area (Å²) in [7, 11) is 0. The Morgan fingerprint density at radius 3 is 2.92 bits per heavy atom. The Labute approximate surface area is 154 Å². The van der Waals surface area contributed by atoms with Crippen molar-refractivity contribution in [1.82, 2.24) is 10.2 Å². The number of nitrogens with zero attached hydrogens (tertiary/aromatic N) is 3. The molecule has 0 aliphatic heterocycles. The van der Waals surface area contributed by atoms with Gasteiger partial charge >= 0.3 is 0 Å². The van der Waals surface area contributed by atoms with E-state index >= 15 is 0 Å². The van der Waals surface area contributed by atoms with Crippen molar-refractivity contribution >= 4 is 39.9 Å². The first-order chi connectivity index (χ1) is 12.1. The van der Waals surface area contributed by atoms with E-state index in [1.165, 1.54) is 23.1 Å². The minimum atomic E-state index is -0.0811. The van der Waals surface area contributed by atoms with Crippen LogP contribution in [0.2, 0.25) is 0 Å².